The van der Waals surface area contributed by atoms with Gasteiger partial charge in [0.15, 0.2) is 5.82 Å². The van der Waals surface area contributed by atoms with Crippen LogP contribution in [-0.2, 0) is 4.79 Å². The normalized spacial score (nSPS) is 14.8. The van der Waals surface area contributed by atoms with Gasteiger partial charge >= 0.3 is 0 Å². The first-order valence-electron chi connectivity index (χ1n) is 10.9. The van der Waals surface area contributed by atoms with Gasteiger partial charge in [-0.15, -0.1) is 5.10 Å². The van der Waals surface area contributed by atoms with Crippen molar-refractivity contribution in [2.75, 3.05) is 24.9 Å². The minimum atomic E-state index is -0.634. The molecule has 1 unspecified atom stereocenters. The molecule has 0 radical (unpaired) electrons. The number of pyridine rings is 1. The molecule has 4 aromatic rings. The Morgan fingerprint density at radius 3 is 2.51 bits per heavy atom. The number of fused-ring (bicyclic) bond motifs is 1. The van der Waals surface area contributed by atoms with E-state index in [1.807, 2.05) is 38.1 Å². The van der Waals surface area contributed by atoms with Crippen LogP contribution in [0.5, 0.6) is 11.5 Å². The molecule has 0 saturated carbocycles. The van der Waals surface area contributed by atoms with E-state index >= 15 is 0 Å². The largest absolute Gasteiger partial charge is 0.497 e. The summed E-state index contributed by atoms with van der Waals surface area (Å²) < 4.78 is 18.4. The van der Waals surface area contributed by atoms with Crippen molar-refractivity contribution in [2.24, 2.45) is 0 Å². The zero-order valence-corrected chi connectivity index (χ0v) is 19.7. The van der Waals surface area contributed by atoms with Crippen molar-refractivity contribution in [1.29, 1.82) is 0 Å². The van der Waals surface area contributed by atoms with Gasteiger partial charge in [0, 0.05) is 23.5 Å². The molecule has 0 bridgehead atoms. The maximum atomic E-state index is 13.4. The number of aryl methyl sites for hydroxylation is 1. The smallest absolute Gasteiger partial charge is 0.256 e. The van der Waals surface area contributed by atoms with Gasteiger partial charge < -0.3 is 24.5 Å². The lowest BCUT2D eigenvalue weighted by Crippen LogP contribution is -2.31. The third-order valence-electron chi connectivity index (χ3n) is 5.66. The quantitative estimate of drug-likeness (QED) is 0.429. The summed E-state index contributed by atoms with van der Waals surface area (Å²) >= 11 is 0. The lowest BCUT2D eigenvalue weighted by molar-refractivity contribution is -0.113. The molecule has 10 nitrogen and oxygen atoms in total. The van der Waals surface area contributed by atoms with Crippen molar-refractivity contribution in [3.8, 4) is 22.9 Å². The Kier molecular flexibility index (Phi) is 5.69. The Bertz CT molecular complexity index is 1400. The molecule has 1 atom stereocenters. The number of anilines is 2. The highest BCUT2D eigenvalue weighted by atomic mass is 16.5. The summed E-state index contributed by atoms with van der Waals surface area (Å²) in [7, 11) is 3.17. The number of hydrogen-bond acceptors (Lipinski definition) is 8. The summed E-state index contributed by atoms with van der Waals surface area (Å²) in [6.45, 7) is 3.68. The van der Waals surface area contributed by atoms with E-state index in [0.717, 1.165) is 5.76 Å². The summed E-state index contributed by atoms with van der Waals surface area (Å²) in [5.41, 5.74) is 2.38. The van der Waals surface area contributed by atoms with Gasteiger partial charge in [0.25, 0.3) is 5.91 Å². The van der Waals surface area contributed by atoms with Crippen molar-refractivity contribution in [1.82, 2.24) is 19.7 Å². The topological polar surface area (TPSA) is 116 Å². The molecule has 0 fully saturated rings. The van der Waals surface area contributed by atoms with Crippen molar-refractivity contribution in [3.05, 3.63) is 77.6 Å². The Morgan fingerprint density at radius 1 is 1.11 bits per heavy atom. The molecule has 178 valence electrons. The zero-order valence-electron chi connectivity index (χ0n) is 19.7. The summed E-state index contributed by atoms with van der Waals surface area (Å²) in [4.78, 5) is 22.2. The maximum absolute atomic E-state index is 13.4. The van der Waals surface area contributed by atoms with Crippen LogP contribution in [0.15, 0.2) is 70.5 Å². The number of furan rings is 1. The van der Waals surface area contributed by atoms with Crippen LogP contribution in [0.4, 0.5) is 11.6 Å². The number of nitrogens with zero attached hydrogens (tertiary/aromatic N) is 4. The second kappa shape index (κ2) is 8.98. The molecular weight excluding hydrogens is 448 g/mol. The van der Waals surface area contributed by atoms with E-state index in [9.17, 15) is 4.79 Å². The van der Waals surface area contributed by atoms with Crippen molar-refractivity contribution in [2.45, 2.75) is 19.9 Å². The standard InChI is InChI=1S/C25H24N6O4/c1-14-7-8-20(35-14)22-21(24(32)28-17-6-5-9-26-13-17)15(2)27-25-29-23(30-31(22)25)16-10-18(33-3)12-19(11-16)34-4/h5-13,22H,1-4H3,(H,28,32)(H,27,29,30). The van der Waals surface area contributed by atoms with Gasteiger partial charge in [0.2, 0.25) is 5.95 Å². The van der Waals surface area contributed by atoms with Gasteiger partial charge in [0.05, 0.1) is 31.7 Å². The van der Waals surface area contributed by atoms with E-state index in [4.69, 9.17) is 24.0 Å². The minimum absolute atomic E-state index is 0.298. The van der Waals surface area contributed by atoms with E-state index in [1.54, 1.807) is 49.5 Å². The van der Waals surface area contributed by atoms with Gasteiger partial charge in [-0.05, 0) is 50.2 Å². The lowest BCUT2D eigenvalue weighted by Gasteiger charge is -2.27. The van der Waals surface area contributed by atoms with Crippen LogP contribution in [0.2, 0.25) is 0 Å². The molecule has 0 spiro atoms. The first kappa shape index (κ1) is 22.2. The van der Waals surface area contributed by atoms with Gasteiger partial charge in [0.1, 0.15) is 29.1 Å². The average molecular weight is 473 g/mol. The molecule has 10 heteroatoms. The van der Waals surface area contributed by atoms with Crippen LogP contribution in [0.3, 0.4) is 0 Å². The molecular formula is C25H24N6O4. The first-order valence-corrected chi connectivity index (χ1v) is 10.9. The zero-order chi connectivity index (χ0) is 24.5. The Morgan fingerprint density at radius 2 is 1.89 bits per heavy atom. The van der Waals surface area contributed by atoms with Crippen molar-refractivity contribution >= 4 is 17.5 Å². The second-order valence-electron chi connectivity index (χ2n) is 8.02. The van der Waals surface area contributed by atoms with Crippen LogP contribution < -0.4 is 20.1 Å². The molecule has 4 heterocycles. The fourth-order valence-corrected chi connectivity index (χ4v) is 4.00. The number of ether oxygens (including phenoxy) is 2. The number of allylic oxidation sites excluding steroid dienone is 1. The van der Waals surface area contributed by atoms with Crippen LogP contribution in [0.1, 0.15) is 24.5 Å². The van der Waals surface area contributed by atoms with Gasteiger partial charge in [-0.1, -0.05) is 0 Å². The van der Waals surface area contributed by atoms with Crippen LogP contribution in [0.25, 0.3) is 11.4 Å². The van der Waals surface area contributed by atoms with Gasteiger partial charge in [-0.25, -0.2) is 4.68 Å². The molecule has 5 rings (SSSR count). The predicted octanol–water partition coefficient (Wildman–Crippen LogP) is 4.19. The summed E-state index contributed by atoms with van der Waals surface area (Å²) in [6.07, 6.45) is 3.23. The molecule has 0 saturated heterocycles. The predicted molar refractivity (Wildman–Crippen MR) is 129 cm³/mol. The van der Waals surface area contributed by atoms with Crippen molar-refractivity contribution < 1.29 is 18.7 Å². The Balaban J connectivity index is 1.60. The Labute approximate surface area is 201 Å². The fourth-order valence-electron chi connectivity index (χ4n) is 4.00. The summed E-state index contributed by atoms with van der Waals surface area (Å²) in [5, 5.41) is 10.9. The molecule has 1 amide bonds. The number of aromatic nitrogens is 4. The maximum Gasteiger partial charge on any atom is 0.256 e. The molecule has 1 aliphatic heterocycles. The van der Waals surface area contributed by atoms with Crippen molar-refractivity contribution in [3.63, 3.8) is 0 Å². The molecule has 2 N–H and O–H groups in total. The number of rotatable bonds is 6. The Hall–Kier alpha value is -4.60. The van der Waals surface area contributed by atoms with Crippen LogP contribution >= 0.6 is 0 Å². The molecule has 1 aliphatic rings. The number of benzene rings is 1. The van der Waals surface area contributed by atoms with E-state index in [2.05, 4.69) is 15.6 Å². The molecule has 0 aliphatic carbocycles. The highest BCUT2D eigenvalue weighted by molar-refractivity contribution is 6.05. The number of carbonyl (C=O) groups excluding carboxylic acids is 1. The second-order valence-corrected chi connectivity index (χ2v) is 8.02. The van der Waals surface area contributed by atoms with E-state index in [0.29, 0.717) is 51.6 Å². The van der Waals surface area contributed by atoms with Gasteiger partial charge in [-0.2, -0.15) is 4.98 Å². The average Bonchev–Trinajstić information content (AvgIpc) is 3.49. The highest BCUT2D eigenvalue weighted by Crippen LogP contribution is 2.38. The molecule has 3 aromatic heterocycles. The molecule has 35 heavy (non-hydrogen) atoms. The minimum Gasteiger partial charge on any atom is -0.497 e. The number of methoxy groups -OCH3 is 2. The van der Waals surface area contributed by atoms with E-state index in [-0.39, 0.29) is 5.91 Å². The van der Waals surface area contributed by atoms with Gasteiger partial charge in [-0.3, -0.25) is 9.78 Å². The number of hydrogen-bond donors (Lipinski definition) is 2. The lowest BCUT2D eigenvalue weighted by atomic mass is 10.00. The number of carbonyl (C=O) groups is 1. The highest BCUT2D eigenvalue weighted by Gasteiger charge is 2.36. The number of nitrogens with one attached hydrogen (secondary N) is 2. The monoisotopic (exact) mass is 472 g/mol. The van der Waals surface area contributed by atoms with Crippen LogP contribution in [-0.4, -0.2) is 39.9 Å². The van der Waals surface area contributed by atoms with Crippen LogP contribution in [0, 0.1) is 6.92 Å². The third kappa shape index (κ3) is 4.21. The third-order valence-corrected chi connectivity index (χ3v) is 5.66. The summed E-state index contributed by atoms with van der Waals surface area (Å²) in [5.74, 6) is 3.15. The molecule has 1 aromatic carbocycles. The van der Waals surface area contributed by atoms with E-state index in [1.165, 1.54) is 0 Å². The fraction of sp³-hybridized carbons (Fsp3) is 0.200. The SMILES string of the molecule is COc1cc(OC)cc(-c2nc3n(n2)C(c2ccc(C)o2)C(C(=O)Nc2cccnc2)=C(C)N3)c1. The number of amides is 1. The van der Waals surface area contributed by atoms with E-state index < -0.39 is 6.04 Å². The first-order chi connectivity index (χ1) is 17.0. The summed E-state index contributed by atoms with van der Waals surface area (Å²) in [6, 6.07) is 12.0.